The molecule has 4 nitrogen and oxygen atoms in total. The number of aromatic amines is 2. The summed E-state index contributed by atoms with van der Waals surface area (Å²) in [4.78, 5) is 6.70. The molecule has 0 radical (unpaired) electrons. The van der Waals surface area contributed by atoms with Crippen LogP contribution in [0.2, 0.25) is 0 Å². The Morgan fingerprint density at radius 3 is 2.81 bits per heavy atom. The first-order valence-corrected chi connectivity index (χ1v) is 9.60. The maximum Gasteiger partial charge on any atom is 0.0991 e. The molecule has 0 spiro atoms. The van der Waals surface area contributed by atoms with Gasteiger partial charge in [-0.2, -0.15) is 5.26 Å². The zero-order valence-electron chi connectivity index (χ0n) is 15.1. The highest BCUT2D eigenvalue weighted by Crippen LogP contribution is 2.49. The van der Waals surface area contributed by atoms with Crippen molar-refractivity contribution >= 4 is 21.8 Å². The second-order valence-electron chi connectivity index (χ2n) is 7.53. The summed E-state index contributed by atoms with van der Waals surface area (Å²) in [6.07, 6.45) is 6.53. The van der Waals surface area contributed by atoms with Gasteiger partial charge in [-0.05, 0) is 73.2 Å². The average Bonchev–Trinajstić information content (AvgIpc) is 3.16. The van der Waals surface area contributed by atoms with E-state index in [2.05, 4.69) is 58.0 Å². The summed E-state index contributed by atoms with van der Waals surface area (Å²) in [7, 11) is 0. The van der Waals surface area contributed by atoms with Gasteiger partial charge in [0.2, 0.25) is 0 Å². The Morgan fingerprint density at radius 2 is 1.89 bits per heavy atom. The van der Waals surface area contributed by atoms with Crippen LogP contribution in [0, 0.1) is 17.2 Å². The third kappa shape index (κ3) is 3.01. The Hall–Kier alpha value is -3.03. The van der Waals surface area contributed by atoms with E-state index >= 15 is 0 Å². The number of hydrogen-bond donors (Lipinski definition) is 3. The number of rotatable bonds is 6. The van der Waals surface area contributed by atoms with Crippen LogP contribution in [0.4, 0.5) is 0 Å². The first-order chi connectivity index (χ1) is 13.3. The summed E-state index contributed by atoms with van der Waals surface area (Å²) >= 11 is 0. The van der Waals surface area contributed by atoms with Gasteiger partial charge in [-0.15, -0.1) is 0 Å². The molecule has 1 aliphatic carbocycles. The monoisotopic (exact) mass is 354 g/mol. The van der Waals surface area contributed by atoms with Crippen LogP contribution in [0.1, 0.15) is 29.0 Å². The highest BCUT2D eigenvalue weighted by atomic mass is 14.9. The van der Waals surface area contributed by atoms with Gasteiger partial charge in [-0.1, -0.05) is 18.2 Å². The minimum absolute atomic E-state index is 0.605. The maximum absolute atomic E-state index is 9.15. The molecule has 1 aliphatic rings. The van der Waals surface area contributed by atoms with Crippen molar-refractivity contribution in [3.63, 3.8) is 0 Å². The van der Waals surface area contributed by atoms with Crippen molar-refractivity contribution < 1.29 is 0 Å². The molecule has 0 saturated heterocycles. The van der Waals surface area contributed by atoms with Gasteiger partial charge in [0.25, 0.3) is 0 Å². The Morgan fingerprint density at radius 1 is 1.04 bits per heavy atom. The van der Waals surface area contributed by atoms with E-state index in [4.69, 9.17) is 5.26 Å². The van der Waals surface area contributed by atoms with E-state index in [-0.39, 0.29) is 0 Å². The van der Waals surface area contributed by atoms with E-state index in [1.165, 1.54) is 33.8 Å². The predicted octanol–water partition coefficient (Wildman–Crippen LogP) is 4.46. The van der Waals surface area contributed by atoms with Gasteiger partial charge in [0.15, 0.2) is 0 Å². The Bertz CT molecular complexity index is 1140. The summed E-state index contributed by atoms with van der Waals surface area (Å²) in [6, 6.07) is 16.6. The highest BCUT2D eigenvalue weighted by Gasteiger charge is 2.39. The van der Waals surface area contributed by atoms with Crippen LogP contribution in [-0.2, 0) is 6.42 Å². The number of nitriles is 1. The number of fused-ring (bicyclic) bond motifs is 2. The van der Waals surface area contributed by atoms with Crippen molar-refractivity contribution in [3.8, 4) is 6.07 Å². The molecular formula is C23H22N4. The van der Waals surface area contributed by atoms with E-state index in [9.17, 15) is 0 Å². The number of H-pyrrole nitrogens is 2. The topological polar surface area (TPSA) is 67.4 Å². The van der Waals surface area contributed by atoms with Gasteiger partial charge >= 0.3 is 0 Å². The fraction of sp³-hybridized carbons (Fsp3) is 0.261. The van der Waals surface area contributed by atoms with E-state index in [1.807, 2.05) is 18.2 Å². The molecule has 2 aromatic heterocycles. The van der Waals surface area contributed by atoms with Crippen LogP contribution < -0.4 is 5.32 Å². The fourth-order valence-electron chi connectivity index (χ4n) is 4.22. The van der Waals surface area contributed by atoms with Crippen LogP contribution >= 0.6 is 0 Å². The molecule has 3 N–H and O–H groups in total. The average molecular weight is 354 g/mol. The number of nitrogens with one attached hydrogen (secondary N) is 3. The van der Waals surface area contributed by atoms with Crippen molar-refractivity contribution in [1.82, 2.24) is 15.3 Å². The van der Waals surface area contributed by atoms with Gasteiger partial charge in [0.1, 0.15) is 0 Å². The number of para-hydroxylation sites is 1. The number of hydrogen-bond acceptors (Lipinski definition) is 2. The van der Waals surface area contributed by atoms with E-state index < -0.39 is 0 Å². The smallest absolute Gasteiger partial charge is 0.0991 e. The van der Waals surface area contributed by atoms with E-state index in [0.29, 0.717) is 11.8 Å². The van der Waals surface area contributed by atoms with Gasteiger partial charge in [0, 0.05) is 34.2 Å². The quantitative estimate of drug-likeness (QED) is 0.448. The first kappa shape index (κ1) is 16.2. The molecule has 134 valence electrons. The number of nitrogens with zero attached hydrogens (tertiary/aromatic N) is 1. The van der Waals surface area contributed by atoms with Crippen molar-refractivity contribution in [2.75, 3.05) is 13.1 Å². The molecule has 0 bridgehead atoms. The van der Waals surface area contributed by atoms with Crippen molar-refractivity contribution in [1.29, 1.82) is 5.26 Å². The van der Waals surface area contributed by atoms with E-state index in [0.717, 1.165) is 30.6 Å². The molecule has 2 heterocycles. The Kier molecular flexibility index (Phi) is 3.95. The van der Waals surface area contributed by atoms with Crippen LogP contribution in [0.15, 0.2) is 54.9 Å². The molecule has 5 rings (SSSR count). The minimum atomic E-state index is 0.605. The molecule has 0 aliphatic heterocycles. The second-order valence-corrected chi connectivity index (χ2v) is 7.53. The molecule has 27 heavy (non-hydrogen) atoms. The lowest BCUT2D eigenvalue weighted by molar-refractivity contribution is 0.628. The number of benzene rings is 2. The molecule has 2 atom stereocenters. The van der Waals surface area contributed by atoms with Gasteiger partial charge < -0.3 is 15.3 Å². The molecule has 2 aromatic carbocycles. The van der Waals surface area contributed by atoms with Gasteiger partial charge in [-0.3, -0.25) is 0 Å². The zero-order valence-corrected chi connectivity index (χ0v) is 15.1. The fourth-order valence-corrected chi connectivity index (χ4v) is 4.22. The summed E-state index contributed by atoms with van der Waals surface area (Å²) in [5, 5.41) is 15.3. The lowest BCUT2D eigenvalue weighted by Gasteiger charge is -2.04. The lowest BCUT2D eigenvalue weighted by Crippen LogP contribution is -2.20. The first-order valence-electron chi connectivity index (χ1n) is 9.60. The van der Waals surface area contributed by atoms with Crippen LogP contribution in [-0.4, -0.2) is 23.1 Å². The maximum atomic E-state index is 9.15. The number of aromatic nitrogens is 2. The van der Waals surface area contributed by atoms with Gasteiger partial charge in [-0.25, -0.2) is 0 Å². The standard InChI is InChI=1S/C23H22N4/c24-11-15-5-6-23-20(9-15)21(14-27-23)19-10-17(19)12-25-8-7-16-13-26-22-4-2-1-3-18(16)22/h1-6,9,13-14,17,19,25-27H,7-8,10,12H2/t17-,19+/m0/s1. The Labute approximate surface area is 158 Å². The summed E-state index contributed by atoms with van der Waals surface area (Å²) in [5.74, 6) is 1.30. The Balaban J connectivity index is 1.18. The molecule has 0 amide bonds. The molecule has 0 unspecified atom stereocenters. The van der Waals surface area contributed by atoms with Crippen LogP contribution in [0.25, 0.3) is 21.8 Å². The third-order valence-electron chi connectivity index (χ3n) is 5.82. The predicted molar refractivity (Wildman–Crippen MR) is 109 cm³/mol. The minimum Gasteiger partial charge on any atom is -0.361 e. The summed E-state index contributed by atoms with van der Waals surface area (Å²) in [6.45, 7) is 2.05. The summed E-state index contributed by atoms with van der Waals surface area (Å²) < 4.78 is 0. The largest absolute Gasteiger partial charge is 0.361 e. The van der Waals surface area contributed by atoms with Crippen molar-refractivity contribution in [2.24, 2.45) is 5.92 Å². The van der Waals surface area contributed by atoms with Crippen molar-refractivity contribution in [3.05, 3.63) is 71.5 Å². The SMILES string of the molecule is N#Cc1ccc2[nH]cc([C@@H]3C[C@H]3CNCCc3c[nH]c4ccccc34)c2c1. The zero-order chi connectivity index (χ0) is 18.2. The van der Waals surface area contributed by atoms with Crippen molar-refractivity contribution in [2.45, 2.75) is 18.8 Å². The van der Waals surface area contributed by atoms with E-state index in [1.54, 1.807) is 0 Å². The lowest BCUT2D eigenvalue weighted by atomic mass is 10.1. The molecule has 4 aromatic rings. The molecule has 1 fully saturated rings. The molecule has 4 heteroatoms. The van der Waals surface area contributed by atoms with Crippen LogP contribution in [0.5, 0.6) is 0 Å². The highest BCUT2D eigenvalue weighted by molar-refractivity contribution is 5.85. The van der Waals surface area contributed by atoms with Gasteiger partial charge in [0.05, 0.1) is 11.6 Å². The molecular weight excluding hydrogens is 332 g/mol. The summed E-state index contributed by atoms with van der Waals surface area (Å²) in [5.41, 5.74) is 5.82. The normalized spacial score (nSPS) is 18.8. The van der Waals surface area contributed by atoms with Crippen LogP contribution in [0.3, 0.4) is 0 Å². The molecule has 1 saturated carbocycles. The third-order valence-corrected chi connectivity index (χ3v) is 5.82. The second kappa shape index (κ2) is 6.61.